The Morgan fingerprint density at radius 1 is 1.23 bits per heavy atom. The van der Waals surface area contributed by atoms with Crippen molar-refractivity contribution in [3.05, 3.63) is 58.8 Å². The minimum atomic E-state index is -5.28. The lowest BCUT2D eigenvalue weighted by molar-refractivity contribution is -0.646. The monoisotopic (exact) mass is 489 g/mol. The van der Waals surface area contributed by atoms with Crippen molar-refractivity contribution >= 4 is 23.0 Å². The van der Waals surface area contributed by atoms with Crippen LogP contribution >= 0.6 is 0 Å². The van der Waals surface area contributed by atoms with Crippen LogP contribution in [0.4, 0.5) is 30.2 Å². The highest BCUT2D eigenvalue weighted by molar-refractivity contribution is 5.86. The minimum absolute atomic E-state index is 0.00332. The van der Waals surface area contributed by atoms with Gasteiger partial charge in [-0.25, -0.2) is 4.79 Å². The van der Waals surface area contributed by atoms with Crippen LogP contribution in [0.3, 0.4) is 0 Å². The Hall–Kier alpha value is -4.13. The van der Waals surface area contributed by atoms with Gasteiger partial charge in [0.15, 0.2) is 12.3 Å². The summed E-state index contributed by atoms with van der Waals surface area (Å²) in [4.78, 5) is 28.0. The quantitative estimate of drug-likeness (QED) is 0.468. The molecule has 13 heteroatoms. The van der Waals surface area contributed by atoms with Crippen molar-refractivity contribution in [1.29, 1.82) is 0 Å². The molecule has 2 aliphatic heterocycles. The van der Waals surface area contributed by atoms with Gasteiger partial charge in [-0.3, -0.25) is 4.84 Å². The van der Waals surface area contributed by atoms with E-state index in [1.54, 1.807) is 12.1 Å². The first kappa shape index (κ1) is 22.7. The van der Waals surface area contributed by atoms with Crippen LogP contribution in [0.15, 0.2) is 42.5 Å². The Bertz CT molecular complexity index is 1360. The van der Waals surface area contributed by atoms with Crippen molar-refractivity contribution in [2.75, 3.05) is 23.7 Å². The fraction of sp³-hybridized carbons (Fsp3) is 0.273. The van der Waals surface area contributed by atoms with Crippen LogP contribution in [0.5, 0.6) is 5.75 Å². The normalized spacial score (nSPS) is 14.7. The molecule has 0 amide bonds. The molecule has 1 saturated heterocycles. The predicted molar refractivity (Wildman–Crippen MR) is 118 cm³/mol. The zero-order valence-corrected chi connectivity index (χ0v) is 18.3. The Morgan fingerprint density at radius 2 is 1.97 bits per heavy atom. The summed E-state index contributed by atoms with van der Waals surface area (Å²) in [5, 5.41) is 13.8. The number of benzene rings is 2. The van der Waals surface area contributed by atoms with Gasteiger partial charge in [-0.2, -0.15) is 13.2 Å². The number of hydrogen-bond acceptors (Lipinski definition) is 8. The van der Waals surface area contributed by atoms with Gasteiger partial charge in [0.2, 0.25) is 10.7 Å². The van der Waals surface area contributed by atoms with Crippen LogP contribution in [0.25, 0.3) is 11.1 Å². The van der Waals surface area contributed by atoms with E-state index in [-0.39, 0.29) is 33.5 Å². The average Bonchev–Trinajstić information content (AvgIpc) is 2.79. The van der Waals surface area contributed by atoms with E-state index in [0.29, 0.717) is 16.9 Å². The number of carbonyl (C=O) groups is 1. The van der Waals surface area contributed by atoms with E-state index in [1.165, 1.54) is 6.92 Å². The number of halogens is 3. The fourth-order valence-corrected chi connectivity index (χ4v) is 3.81. The van der Waals surface area contributed by atoms with Gasteiger partial charge in [0.1, 0.15) is 10.3 Å². The van der Waals surface area contributed by atoms with E-state index < -0.39 is 12.1 Å². The molecule has 0 spiro atoms. The maximum atomic E-state index is 12.6. The van der Waals surface area contributed by atoms with Crippen LogP contribution in [-0.2, 0) is 11.4 Å². The number of hydrogen-bond donors (Lipinski definition) is 3. The molecular formula is C22H20F3N6O4+. The molecule has 5 rings (SSSR count). The number of anilines is 3. The highest BCUT2D eigenvalue weighted by atomic mass is 19.4. The predicted octanol–water partition coefficient (Wildman–Crippen LogP) is 2.31. The number of para-hydroxylation sites is 1. The number of carbonyl (C=O) groups excluding carboxylic acids is 1. The first-order valence-electron chi connectivity index (χ1n) is 10.7. The van der Waals surface area contributed by atoms with Crippen LogP contribution in [0.1, 0.15) is 11.4 Å². The Labute approximate surface area is 196 Å². The summed E-state index contributed by atoms with van der Waals surface area (Å²) < 4.78 is 43.7. The smallest absolute Gasteiger partial charge is 0.484 e. The third-order valence-corrected chi connectivity index (χ3v) is 5.64. The van der Waals surface area contributed by atoms with Crippen molar-refractivity contribution in [2.45, 2.75) is 25.7 Å². The van der Waals surface area contributed by atoms with E-state index in [9.17, 15) is 22.9 Å². The fourth-order valence-electron chi connectivity index (χ4n) is 3.81. The van der Waals surface area contributed by atoms with Gasteiger partial charge in [-0.1, -0.05) is 18.2 Å². The topological polar surface area (TPSA) is 112 Å². The highest BCUT2D eigenvalue weighted by Crippen LogP contribution is 2.43. The van der Waals surface area contributed by atoms with Crippen molar-refractivity contribution in [1.82, 2.24) is 15.4 Å². The molecule has 3 heterocycles. The van der Waals surface area contributed by atoms with Gasteiger partial charge >= 0.3 is 12.1 Å². The van der Waals surface area contributed by atoms with E-state index in [2.05, 4.69) is 25.9 Å². The largest absolute Gasteiger partial charge is 0.493 e. The summed E-state index contributed by atoms with van der Waals surface area (Å²) >= 11 is 0. The number of ether oxygens (including phenoxy) is 1. The number of aromatic nitrogens is 3. The van der Waals surface area contributed by atoms with E-state index in [0.717, 1.165) is 30.2 Å². The van der Waals surface area contributed by atoms with Crippen molar-refractivity contribution in [2.24, 2.45) is 0 Å². The number of nitrogens with one attached hydrogen (secondary N) is 3. The Morgan fingerprint density at radius 3 is 2.63 bits per heavy atom. The molecule has 1 fully saturated rings. The lowest BCUT2D eigenvalue weighted by Gasteiger charge is -2.31. The van der Waals surface area contributed by atoms with Crippen LogP contribution in [0, 0.1) is 11.8 Å². The van der Waals surface area contributed by atoms with Crippen LogP contribution in [-0.4, -0.2) is 41.3 Å². The van der Waals surface area contributed by atoms with Crippen molar-refractivity contribution in [3.63, 3.8) is 0 Å². The highest BCUT2D eigenvalue weighted by Gasteiger charge is 2.44. The second-order valence-corrected chi connectivity index (χ2v) is 8.08. The summed E-state index contributed by atoms with van der Waals surface area (Å²) in [6, 6.07) is 13.3. The second-order valence-electron chi connectivity index (χ2n) is 8.08. The first-order valence-corrected chi connectivity index (χ1v) is 10.7. The van der Waals surface area contributed by atoms with Gasteiger partial charge in [0.05, 0.1) is 28.1 Å². The van der Waals surface area contributed by atoms with Crippen LogP contribution in [0.2, 0.25) is 0 Å². The van der Waals surface area contributed by atoms with Crippen LogP contribution < -0.4 is 30.1 Å². The maximum Gasteiger partial charge on any atom is 0.493 e. The molecular weight excluding hydrogens is 469 g/mol. The first-order chi connectivity index (χ1) is 16.7. The molecule has 2 aromatic carbocycles. The number of rotatable bonds is 5. The Kier molecular flexibility index (Phi) is 5.55. The van der Waals surface area contributed by atoms with Gasteiger partial charge in [-0.15, -0.1) is 0 Å². The van der Waals surface area contributed by atoms with Crippen molar-refractivity contribution < 1.29 is 32.1 Å². The number of fused-ring (bicyclic) bond motifs is 3. The van der Waals surface area contributed by atoms with E-state index in [4.69, 9.17) is 4.74 Å². The lowest BCUT2D eigenvalue weighted by Crippen LogP contribution is -2.51. The zero-order chi connectivity index (χ0) is 24.7. The molecule has 0 aliphatic carbocycles. The summed E-state index contributed by atoms with van der Waals surface area (Å²) in [6.45, 7) is 2.82. The summed E-state index contributed by atoms with van der Waals surface area (Å²) in [5.41, 5.74) is 3.42. The number of nitrogens with zero attached hydrogens (tertiary/aromatic N) is 3. The standard InChI is InChI=1S/C22H20F3N6O4/c1-12-20-15-7-16(28-14-9-26-10-14)17(27-13-5-3-2-4-6-13)8-19(15)34-11-18(20)29-31(30(12)33)35-21(32)22(23,24)25/h2-8,14,26-28H,9-11H2,1H3/q+1. The Balaban J connectivity index is 1.57. The van der Waals surface area contributed by atoms with Gasteiger partial charge in [-0.05, 0) is 23.1 Å². The third-order valence-electron chi connectivity index (χ3n) is 5.64. The zero-order valence-electron chi connectivity index (χ0n) is 18.3. The molecule has 1 aromatic heterocycles. The molecule has 0 radical (unpaired) electrons. The third kappa shape index (κ3) is 4.37. The SMILES string of the molecule is Cc1c2c(nn(OC(=O)C(F)(F)F)[n+]1=O)COc1cc(Nc3ccccc3)c(NC3CNC3)cc1-2. The van der Waals surface area contributed by atoms with Gasteiger partial charge in [0.25, 0.3) is 0 Å². The van der Waals surface area contributed by atoms with E-state index >= 15 is 0 Å². The molecule has 10 nitrogen and oxygen atoms in total. The molecule has 0 saturated carbocycles. The number of alkyl halides is 3. The summed E-state index contributed by atoms with van der Waals surface area (Å²) in [6.07, 6.45) is -5.28. The van der Waals surface area contributed by atoms with Gasteiger partial charge < -0.3 is 20.7 Å². The molecule has 0 unspecified atom stereocenters. The molecule has 3 N–H and O–H groups in total. The van der Waals surface area contributed by atoms with Gasteiger partial charge in [0, 0.05) is 37.3 Å². The molecule has 0 bridgehead atoms. The van der Waals surface area contributed by atoms with Crippen molar-refractivity contribution in [3.8, 4) is 16.9 Å². The second kappa shape index (κ2) is 8.58. The molecule has 2 aliphatic rings. The summed E-state index contributed by atoms with van der Waals surface area (Å²) in [5.74, 6) is -2.10. The average molecular weight is 489 g/mol. The maximum absolute atomic E-state index is 12.6. The summed E-state index contributed by atoms with van der Waals surface area (Å²) in [7, 11) is 0. The van der Waals surface area contributed by atoms with E-state index in [1.807, 2.05) is 30.3 Å². The molecule has 3 aromatic rings. The molecule has 0 atom stereocenters. The lowest BCUT2D eigenvalue weighted by atomic mass is 9.97. The minimum Gasteiger partial charge on any atom is -0.484 e. The molecule has 182 valence electrons. The molecule has 35 heavy (non-hydrogen) atoms.